The van der Waals surface area contributed by atoms with Crippen molar-refractivity contribution in [2.45, 2.75) is 37.4 Å². The lowest BCUT2D eigenvalue weighted by Crippen LogP contribution is -2.71. The molecular formula is C25H24N7O7S2+. The summed E-state index contributed by atoms with van der Waals surface area (Å²) in [5.41, 5.74) is 3.79. The number of oxime groups is 1. The average Bonchev–Trinajstić information content (AvgIpc) is 3.36. The van der Waals surface area contributed by atoms with Crippen LogP contribution in [0.1, 0.15) is 19.7 Å². The van der Waals surface area contributed by atoms with Gasteiger partial charge in [0.25, 0.3) is 11.8 Å². The topological polar surface area (TPSA) is 201 Å². The van der Waals surface area contributed by atoms with Gasteiger partial charge in [0.15, 0.2) is 24.1 Å². The van der Waals surface area contributed by atoms with Crippen molar-refractivity contribution in [3.63, 3.8) is 0 Å². The van der Waals surface area contributed by atoms with Crippen molar-refractivity contribution in [2.24, 2.45) is 5.16 Å². The Bertz CT molecular complexity index is 1650. The van der Waals surface area contributed by atoms with Gasteiger partial charge in [0.1, 0.15) is 17.1 Å². The standard InChI is InChI=1S/C25H23N7O7S2/c1-25(2,23(37)38)39-29-15(18-28-24(26)41-30-18)19(33)27-16-20(34)32-17(22(35)36)14(11-40-21(16)32)10-31-8-7-12-5-3-4-6-13(12)9-31/h3-9,16,21H,10-11H2,1-2H3,(H4-,26,27,28,30,33,35,36,37,38)/p+1/t16?,21-/m0/s1. The van der Waals surface area contributed by atoms with E-state index in [1.54, 1.807) is 0 Å². The number of carboxylic acid groups (broad SMARTS) is 2. The zero-order valence-electron chi connectivity index (χ0n) is 21.7. The first-order chi connectivity index (χ1) is 19.5. The Kier molecular flexibility index (Phi) is 7.35. The Balaban J connectivity index is 1.36. The van der Waals surface area contributed by atoms with Gasteiger partial charge in [0.05, 0.1) is 0 Å². The molecule has 16 heteroatoms. The first kappa shape index (κ1) is 28.0. The Morgan fingerprint density at radius 3 is 2.63 bits per heavy atom. The first-order valence-electron chi connectivity index (χ1n) is 12.1. The van der Waals surface area contributed by atoms with Crippen LogP contribution in [-0.2, 0) is 30.6 Å². The number of thioether (sulfide) groups is 1. The van der Waals surface area contributed by atoms with Crippen LogP contribution in [0, 0.1) is 0 Å². The number of hydrogen-bond donors (Lipinski definition) is 4. The first-order valence-corrected chi connectivity index (χ1v) is 14.0. The molecule has 2 amide bonds. The van der Waals surface area contributed by atoms with Gasteiger partial charge in [-0.1, -0.05) is 23.4 Å². The highest BCUT2D eigenvalue weighted by Gasteiger charge is 2.55. The molecule has 41 heavy (non-hydrogen) atoms. The van der Waals surface area contributed by atoms with Crippen LogP contribution in [-0.4, -0.2) is 76.7 Å². The van der Waals surface area contributed by atoms with Gasteiger partial charge >= 0.3 is 11.9 Å². The van der Waals surface area contributed by atoms with Gasteiger partial charge in [-0.05, 0) is 25.3 Å². The molecule has 0 aliphatic carbocycles. The third-order valence-corrected chi connectivity index (χ3v) is 8.29. The highest BCUT2D eigenvalue weighted by atomic mass is 32.2. The summed E-state index contributed by atoms with van der Waals surface area (Å²) in [5, 5.41) is 26.9. The van der Waals surface area contributed by atoms with Gasteiger partial charge in [-0.2, -0.15) is 9.36 Å². The number of aromatic nitrogens is 3. The number of nitrogens with one attached hydrogen (secondary N) is 1. The van der Waals surface area contributed by atoms with Crippen LogP contribution in [0.2, 0.25) is 0 Å². The van der Waals surface area contributed by atoms with Crippen LogP contribution in [0.25, 0.3) is 10.8 Å². The second kappa shape index (κ2) is 10.8. The van der Waals surface area contributed by atoms with Gasteiger partial charge in [0.2, 0.25) is 17.1 Å². The minimum absolute atomic E-state index is 0.0276. The fraction of sp³-hybridized carbons (Fsp3) is 0.280. The van der Waals surface area contributed by atoms with E-state index in [-0.39, 0.29) is 23.2 Å². The second-order valence-corrected chi connectivity index (χ2v) is 11.6. The summed E-state index contributed by atoms with van der Waals surface area (Å²) in [4.78, 5) is 60.2. The number of rotatable bonds is 9. The number of aliphatic carboxylic acids is 2. The van der Waals surface area contributed by atoms with Crippen molar-refractivity contribution in [1.29, 1.82) is 0 Å². The highest BCUT2D eigenvalue weighted by molar-refractivity contribution is 8.00. The minimum atomic E-state index is -1.78. The van der Waals surface area contributed by atoms with Gasteiger partial charge in [-0.15, -0.1) is 11.8 Å². The molecule has 0 bridgehead atoms. The van der Waals surface area contributed by atoms with Gasteiger partial charge in [-0.25, -0.2) is 14.2 Å². The number of nitrogen functional groups attached to an aromatic ring is 1. The third kappa shape index (κ3) is 5.43. The molecule has 0 spiro atoms. The van der Waals surface area contributed by atoms with E-state index in [4.69, 9.17) is 10.6 Å². The summed E-state index contributed by atoms with van der Waals surface area (Å²) in [7, 11) is 0. The number of nitrogens with two attached hydrogens (primary N) is 1. The number of carboxylic acids is 2. The van der Waals surface area contributed by atoms with Crippen molar-refractivity contribution in [2.75, 3.05) is 11.5 Å². The molecule has 2 atom stereocenters. The zero-order valence-corrected chi connectivity index (χ0v) is 23.3. The molecule has 0 saturated carbocycles. The molecule has 212 valence electrons. The summed E-state index contributed by atoms with van der Waals surface area (Å²) < 4.78 is 5.80. The smallest absolute Gasteiger partial charge is 0.352 e. The summed E-state index contributed by atoms with van der Waals surface area (Å²) >= 11 is 2.09. The van der Waals surface area contributed by atoms with Gasteiger partial charge < -0.3 is 26.1 Å². The average molecular weight is 599 g/mol. The van der Waals surface area contributed by atoms with E-state index in [2.05, 4.69) is 19.8 Å². The number of anilines is 1. The predicted molar refractivity (Wildman–Crippen MR) is 147 cm³/mol. The molecule has 3 aromatic rings. The summed E-state index contributed by atoms with van der Waals surface area (Å²) in [6.45, 7) is 2.73. The van der Waals surface area contributed by atoms with Gasteiger partial charge in [-0.3, -0.25) is 14.5 Å². The van der Waals surface area contributed by atoms with Gasteiger partial charge in [0, 0.05) is 34.3 Å². The number of β-lactam (4-membered cyclic amide) rings is 1. The fourth-order valence-electron chi connectivity index (χ4n) is 4.23. The lowest BCUT2D eigenvalue weighted by atomic mass is 10.0. The van der Waals surface area contributed by atoms with Crippen molar-refractivity contribution >= 4 is 68.7 Å². The Hall–Kier alpha value is -4.57. The Labute approximate surface area is 240 Å². The predicted octanol–water partition coefficient (Wildman–Crippen LogP) is 0.584. The van der Waals surface area contributed by atoms with Crippen LogP contribution in [0.15, 0.2) is 59.2 Å². The second-order valence-electron chi connectivity index (χ2n) is 9.67. The minimum Gasteiger partial charge on any atom is -0.478 e. The largest absolute Gasteiger partial charge is 0.478 e. The number of hydrogen-bond acceptors (Lipinski definition) is 11. The zero-order chi connectivity index (χ0) is 29.5. The quantitative estimate of drug-likeness (QED) is 0.116. The maximum atomic E-state index is 13.2. The van der Waals surface area contributed by atoms with Crippen molar-refractivity contribution < 1.29 is 38.8 Å². The molecule has 2 aromatic heterocycles. The molecule has 14 nitrogen and oxygen atoms in total. The SMILES string of the molecule is CC(C)(ON=C(C(=O)NC1C(=O)N2C(C(=O)O)=C(C[n+]3ccc4ccccc4c3)CS[C@@H]12)c1nsc(N)n1)C(=O)O. The molecule has 2 aliphatic rings. The summed E-state index contributed by atoms with van der Waals surface area (Å²) in [5.74, 6) is -4.03. The molecule has 1 unspecified atom stereocenters. The molecular weight excluding hydrogens is 574 g/mol. The molecule has 5 rings (SSSR count). The van der Waals surface area contributed by atoms with Crippen molar-refractivity contribution in [3.8, 4) is 0 Å². The monoisotopic (exact) mass is 598 g/mol. The van der Waals surface area contributed by atoms with Crippen LogP contribution in [0.5, 0.6) is 0 Å². The van der Waals surface area contributed by atoms with E-state index in [1.807, 2.05) is 47.3 Å². The number of carbonyl (C=O) groups excluding carboxylic acids is 2. The molecule has 1 fully saturated rings. The lowest BCUT2D eigenvalue weighted by Gasteiger charge is -2.49. The fourth-order valence-corrected chi connectivity index (χ4v) is 5.99. The van der Waals surface area contributed by atoms with Crippen LogP contribution < -0.4 is 15.6 Å². The third-order valence-electron chi connectivity index (χ3n) is 6.41. The number of fused-ring (bicyclic) bond motifs is 2. The molecule has 4 heterocycles. The lowest BCUT2D eigenvalue weighted by molar-refractivity contribution is -0.687. The maximum absolute atomic E-state index is 13.2. The van der Waals surface area contributed by atoms with E-state index in [9.17, 15) is 29.4 Å². The molecule has 1 aromatic carbocycles. The number of carbonyl (C=O) groups is 4. The number of pyridine rings is 1. The molecule has 1 saturated heterocycles. The van der Waals surface area contributed by atoms with E-state index >= 15 is 0 Å². The molecule has 2 aliphatic heterocycles. The normalized spacial score (nSPS) is 19.0. The summed E-state index contributed by atoms with van der Waals surface area (Å²) in [6.07, 6.45) is 3.76. The van der Waals surface area contributed by atoms with Crippen LogP contribution in [0.3, 0.4) is 0 Å². The number of nitrogens with zero attached hydrogens (tertiary/aromatic N) is 5. The number of amides is 2. The maximum Gasteiger partial charge on any atom is 0.352 e. The van der Waals surface area contributed by atoms with E-state index in [0.29, 0.717) is 11.3 Å². The highest BCUT2D eigenvalue weighted by Crippen LogP contribution is 2.40. The Morgan fingerprint density at radius 1 is 1.24 bits per heavy atom. The number of benzene rings is 1. The summed E-state index contributed by atoms with van der Waals surface area (Å²) in [6, 6.07) is 8.63. The van der Waals surface area contributed by atoms with E-state index in [1.165, 1.54) is 30.5 Å². The van der Waals surface area contributed by atoms with Crippen molar-refractivity contribution in [3.05, 3.63) is 59.8 Å². The van der Waals surface area contributed by atoms with Crippen molar-refractivity contribution in [1.82, 2.24) is 19.6 Å². The Morgan fingerprint density at radius 2 is 1.98 bits per heavy atom. The molecule has 5 N–H and O–H groups in total. The van der Waals surface area contributed by atoms with E-state index < -0.39 is 46.5 Å². The van der Waals surface area contributed by atoms with E-state index in [0.717, 1.165) is 22.3 Å². The van der Waals surface area contributed by atoms with Crippen LogP contribution in [0.4, 0.5) is 5.13 Å². The molecule has 0 radical (unpaired) electrons. The van der Waals surface area contributed by atoms with Crippen LogP contribution >= 0.6 is 23.3 Å².